The molecule has 6 heteroatoms. The minimum Gasteiger partial charge on any atom is -0.506 e. The number of H-pyrrole nitrogens is 1. The number of hydrogen-bond donors (Lipinski definition) is 3. The molecule has 0 saturated carbocycles. The van der Waals surface area contributed by atoms with E-state index in [2.05, 4.69) is 17.2 Å². The number of aromatic amines is 1. The van der Waals surface area contributed by atoms with Gasteiger partial charge in [-0.2, -0.15) is 0 Å². The molecule has 27 heavy (non-hydrogen) atoms. The highest BCUT2D eigenvalue weighted by atomic mass is 32.1. The SMILES string of the molecule is Cc1cccc(NC(=O)c2c(O)c3c4c(sc3[nH]c2=O)C[C@@H](C)CC4)c1C. The Labute approximate surface area is 161 Å². The van der Waals surface area contributed by atoms with Crippen molar-refractivity contribution in [2.45, 2.75) is 40.0 Å². The van der Waals surface area contributed by atoms with Crippen LogP contribution in [0.3, 0.4) is 0 Å². The number of carbonyl (C=O) groups is 1. The van der Waals surface area contributed by atoms with Crippen LogP contribution in [0.5, 0.6) is 5.75 Å². The number of thiophene rings is 1. The quantitative estimate of drug-likeness (QED) is 0.618. The van der Waals surface area contributed by atoms with Crippen molar-refractivity contribution in [3.05, 3.63) is 55.7 Å². The number of fused-ring (bicyclic) bond motifs is 3. The van der Waals surface area contributed by atoms with E-state index >= 15 is 0 Å². The van der Waals surface area contributed by atoms with E-state index in [0.717, 1.165) is 36.0 Å². The molecule has 0 radical (unpaired) electrons. The second-order valence-corrected chi connectivity index (χ2v) is 8.54. The van der Waals surface area contributed by atoms with Crippen LogP contribution in [0.1, 0.15) is 45.3 Å². The average molecular weight is 382 g/mol. The lowest BCUT2D eigenvalue weighted by atomic mass is 9.89. The number of nitrogens with one attached hydrogen (secondary N) is 2. The molecule has 1 amide bonds. The molecule has 1 aliphatic rings. The second kappa shape index (κ2) is 6.53. The number of hydrogen-bond acceptors (Lipinski definition) is 4. The fraction of sp³-hybridized carbons (Fsp3) is 0.333. The summed E-state index contributed by atoms with van der Waals surface area (Å²) >= 11 is 1.51. The Morgan fingerprint density at radius 2 is 2.11 bits per heavy atom. The lowest BCUT2D eigenvalue weighted by molar-refractivity contribution is 0.102. The Morgan fingerprint density at radius 3 is 2.89 bits per heavy atom. The van der Waals surface area contributed by atoms with Gasteiger partial charge in [0.2, 0.25) is 0 Å². The van der Waals surface area contributed by atoms with Crippen molar-refractivity contribution >= 4 is 33.1 Å². The maximum Gasteiger partial charge on any atom is 0.265 e. The Hall–Kier alpha value is -2.60. The third-order valence-corrected chi connectivity index (χ3v) is 6.69. The molecular weight excluding hydrogens is 360 g/mol. The predicted octanol–water partition coefficient (Wildman–Crippen LogP) is 4.29. The lowest BCUT2D eigenvalue weighted by Gasteiger charge is -2.18. The maximum atomic E-state index is 12.8. The summed E-state index contributed by atoms with van der Waals surface area (Å²) in [5.74, 6) is -0.205. The van der Waals surface area contributed by atoms with Crippen LogP contribution in [0, 0.1) is 19.8 Å². The lowest BCUT2D eigenvalue weighted by Crippen LogP contribution is -2.23. The molecule has 0 aliphatic heterocycles. The number of carbonyl (C=O) groups excluding carboxylic acids is 1. The molecule has 3 aromatic rings. The van der Waals surface area contributed by atoms with Gasteiger partial charge in [-0.3, -0.25) is 9.59 Å². The third-order valence-electron chi connectivity index (χ3n) is 5.52. The topological polar surface area (TPSA) is 82.2 Å². The molecule has 2 aromatic heterocycles. The van der Waals surface area contributed by atoms with Crippen LogP contribution in [-0.2, 0) is 12.8 Å². The van der Waals surface area contributed by atoms with Crippen LogP contribution in [0.15, 0.2) is 23.0 Å². The fourth-order valence-corrected chi connectivity index (χ4v) is 5.18. The van der Waals surface area contributed by atoms with Gasteiger partial charge in [-0.25, -0.2) is 0 Å². The maximum absolute atomic E-state index is 12.8. The monoisotopic (exact) mass is 382 g/mol. The number of aromatic hydroxyl groups is 1. The van der Waals surface area contributed by atoms with Gasteiger partial charge in [0.05, 0.1) is 5.39 Å². The molecule has 0 saturated heterocycles. The van der Waals surface area contributed by atoms with Crippen molar-refractivity contribution in [3.8, 4) is 5.75 Å². The molecule has 2 heterocycles. The number of amides is 1. The number of aromatic nitrogens is 1. The highest BCUT2D eigenvalue weighted by molar-refractivity contribution is 7.18. The molecule has 0 unspecified atom stereocenters. The zero-order valence-electron chi connectivity index (χ0n) is 15.6. The van der Waals surface area contributed by atoms with Gasteiger partial charge in [0, 0.05) is 10.6 Å². The molecule has 1 aromatic carbocycles. The van der Waals surface area contributed by atoms with E-state index in [9.17, 15) is 14.7 Å². The Morgan fingerprint density at radius 1 is 1.33 bits per heavy atom. The van der Waals surface area contributed by atoms with Gasteiger partial charge >= 0.3 is 0 Å². The Kier molecular flexibility index (Phi) is 4.30. The van der Waals surface area contributed by atoms with Gasteiger partial charge in [0.1, 0.15) is 16.1 Å². The number of aryl methyl sites for hydroxylation is 2. The van der Waals surface area contributed by atoms with Crippen molar-refractivity contribution in [1.82, 2.24) is 4.98 Å². The molecule has 140 valence electrons. The molecule has 0 fully saturated rings. The predicted molar refractivity (Wildman–Crippen MR) is 109 cm³/mol. The fourth-order valence-electron chi connectivity index (χ4n) is 3.77. The van der Waals surface area contributed by atoms with E-state index in [1.807, 2.05) is 26.0 Å². The number of anilines is 1. The number of benzene rings is 1. The van der Waals surface area contributed by atoms with Gasteiger partial charge in [-0.15, -0.1) is 11.3 Å². The van der Waals surface area contributed by atoms with E-state index in [0.29, 0.717) is 21.8 Å². The Balaban J connectivity index is 1.81. The molecule has 3 N–H and O–H groups in total. The van der Waals surface area contributed by atoms with Gasteiger partial charge in [-0.1, -0.05) is 19.1 Å². The normalized spacial score (nSPS) is 16.3. The standard InChI is InChI=1S/C21H22N2O3S/c1-10-7-8-13-15(9-10)27-21-16(13)18(24)17(20(26)23-21)19(25)22-14-6-4-5-11(2)12(14)3/h4-6,10H,7-9H2,1-3H3,(H,22,25)(H2,23,24,26)/t10-/m0/s1. The van der Waals surface area contributed by atoms with Gasteiger partial charge in [0.25, 0.3) is 11.5 Å². The summed E-state index contributed by atoms with van der Waals surface area (Å²) in [6, 6.07) is 5.60. The highest BCUT2D eigenvalue weighted by Crippen LogP contribution is 2.41. The molecule has 0 bridgehead atoms. The highest BCUT2D eigenvalue weighted by Gasteiger charge is 2.27. The molecule has 1 atom stereocenters. The first-order chi connectivity index (χ1) is 12.9. The summed E-state index contributed by atoms with van der Waals surface area (Å²) in [4.78, 5) is 30.0. The summed E-state index contributed by atoms with van der Waals surface area (Å²) in [6.07, 6.45) is 2.84. The summed E-state index contributed by atoms with van der Waals surface area (Å²) in [7, 11) is 0. The van der Waals surface area contributed by atoms with Crippen molar-refractivity contribution in [2.24, 2.45) is 5.92 Å². The van der Waals surface area contributed by atoms with Crippen molar-refractivity contribution < 1.29 is 9.90 Å². The van der Waals surface area contributed by atoms with Crippen LogP contribution in [0.4, 0.5) is 5.69 Å². The molecule has 0 spiro atoms. The number of pyridine rings is 1. The first-order valence-corrected chi connectivity index (χ1v) is 9.95. The van der Waals surface area contributed by atoms with E-state index in [1.54, 1.807) is 6.07 Å². The summed E-state index contributed by atoms with van der Waals surface area (Å²) in [6.45, 7) is 6.08. The van der Waals surface area contributed by atoms with Crippen molar-refractivity contribution in [1.29, 1.82) is 0 Å². The average Bonchev–Trinajstić information content (AvgIpc) is 2.96. The van der Waals surface area contributed by atoms with Gasteiger partial charge < -0.3 is 15.4 Å². The van der Waals surface area contributed by atoms with Gasteiger partial charge in [-0.05, 0) is 61.8 Å². The van der Waals surface area contributed by atoms with Crippen LogP contribution in [0.2, 0.25) is 0 Å². The van der Waals surface area contributed by atoms with Crippen LogP contribution in [0.25, 0.3) is 10.2 Å². The van der Waals surface area contributed by atoms with E-state index in [-0.39, 0.29) is 11.3 Å². The summed E-state index contributed by atoms with van der Waals surface area (Å²) < 4.78 is 0. The van der Waals surface area contributed by atoms with E-state index < -0.39 is 11.5 Å². The van der Waals surface area contributed by atoms with Crippen molar-refractivity contribution in [2.75, 3.05) is 5.32 Å². The summed E-state index contributed by atoms with van der Waals surface area (Å²) in [5.41, 5.74) is 2.91. The first kappa shape index (κ1) is 17.8. The first-order valence-electron chi connectivity index (χ1n) is 9.14. The minimum absolute atomic E-state index is 0.205. The largest absolute Gasteiger partial charge is 0.506 e. The third kappa shape index (κ3) is 2.94. The smallest absolute Gasteiger partial charge is 0.265 e. The van der Waals surface area contributed by atoms with Gasteiger partial charge in [0.15, 0.2) is 0 Å². The minimum atomic E-state index is -0.589. The van der Waals surface area contributed by atoms with Crippen LogP contribution >= 0.6 is 11.3 Å². The zero-order chi connectivity index (χ0) is 19.3. The van der Waals surface area contributed by atoms with E-state index in [4.69, 9.17) is 0 Å². The van der Waals surface area contributed by atoms with Crippen LogP contribution in [-0.4, -0.2) is 16.0 Å². The molecular formula is C21H22N2O3S. The van der Waals surface area contributed by atoms with E-state index in [1.165, 1.54) is 16.2 Å². The zero-order valence-corrected chi connectivity index (χ0v) is 16.4. The second-order valence-electron chi connectivity index (χ2n) is 7.44. The molecule has 4 rings (SSSR count). The summed E-state index contributed by atoms with van der Waals surface area (Å²) in [5, 5.41) is 14.2. The van der Waals surface area contributed by atoms with Crippen molar-refractivity contribution in [3.63, 3.8) is 0 Å². The molecule has 1 aliphatic carbocycles. The molecule has 5 nitrogen and oxygen atoms in total. The van der Waals surface area contributed by atoms with Crippen LogP contribution < -0.4 is 10.9 Å². The Bertz CT molecular complexity index is 1130. The number of rotatable bonds is 2.